The Balaban J connectivity index is 1.47. The number of thioether (sulfide) groups is 1. The molecule has 0 saturated carbocycles. The van der Waals surface area contributed by atoms with E-state index in [1.165, 1.54) is 6.07 Å². The molecule has 0 aliphatic carbocycles. The summed E-state index contributed by atoms with van der Waals surface area (Å²) in [5, 5.41) is 11.8. The zero-order valence-electron chi connectivity index (χ0n) is 21.8. The molecule has 38 heavy (non-hydrogen) atoms. The van der Waals surface area contributed by atoms with Gasteiger partial charge in [-0.1, -0.05) is 55.8 Å². The van der Waals surface area contributed by atoms with E-state index >= 15 is 0 Å². The van der Waals surface area contributed by atoms with E-state index in [0.717, 1.165) is 40.4 Å². The third kappa shape index (κ3) is 7.07. The Morgan fingerprint density at radius 2 is 1.84 bits per heavy atom. The molecule has 0 amide bonds. The molecule has 200 valence electrons. The zero-order chi connectivity index (χ0) is 26.9. The molecule has 1 fully saturated rings. The third-order valence-electron chi connectivity index (χ3n) is 6.68. The minimum absolute atomic E-state index is 0.0533. The summed E-state index contributed by atoms with van der Waals surface area (Å²) in [7, 11) is 1.68. The van der Waals surface area contributed by atoms with Crippen LogP contribution in [-0.2, 0) is 22.6 Å². The van der Waals surface area contributed by atoms with Crippen molar-refractivity contribution >= 4 is 23.4 Å². The normalized spacial score (nSPS) is 17.1. The SMILES string of the molecule is CCCCSc1cc(C2COC(=O)C(Cc3ccc(OCc4ccccc4)c([N+](=O)[O-])c3)C2)ccc1OC. The van der Waals surface area contributed by atoms with Crippen molar-refractivity contribution in [1.29, 1.82) is 0 Å². The van der Waals surface area contributed by atoms with Crippen LogP contribution in [0.3, 0.4) is 0 Å². The van der Waals surface area contributed by atoms with E-state index in [-0.39, 0.29) is 35.8 Å². The molecule has 0 N–H and O–H groups in total. The largest absolute Gasteiger partial charge is 0.496 e. The molecule has 1 aliphatic rings. The number of rotatable bonds is 12. The molecule has 0 aromatic heterocycles. The smallest absolute Gasteiger partial charge is 0.311 e. The van der Waals surface area contributed by atoms with E-state index in [0.29, 0.717) is 25.0 Å². The number of unbranched alkanes of at least 4 members (excludes halogenated alkanes) is 1. The first-order valence-corrected chi connectivity index (χ1v) is 13.9. The molecule has 1 saturated heterocycles. The van der Waals surface area contributed by atoms with Gasteiger partial charge in [-0.3, -0.25) is 14.9 Å². The van der Waals surface area contributed by atoms with Crippen LogP contribution in [0, 0.1) is 16.0 Å². The molecule has 0 radical (unpaired) electrons. The quantitative estimate of drug-likeness (QED) is 0.0814. The van der Waals surface area contributed by atoms with Crippen molar-refractivity contribution < 1.29 is 23.9 Å². The maximum absolute atomic E-state index is 12.7. The molecule has 0 bridgehead atoms. The monoisotopic (exact) mass is 535 g/mol. The van der Waals surface area contributed by atoms with Crippen LogP contribution in [0.4, 0.5) is 5.69 Å². The van der Waals surface area contributed by atoms with Gasteiger partial charge < -0.3 is 14.2 Å². The average molecular weight is 536 g/mol. The second-order valence-corrected chi connectivity index (χ2v) is 10.5. The van der Waals surface area contributed by atoms with Gasteiger partial charge in [0.25, 0.3) is 0 Å². The molecular formula is C30H33NO6S. The number of carbonyl (C=O) groups excluding carboxylic acids is 1. The van der Waals surface area contributed by atoms with Gasteiger partial charge in [0, 0.05) is 16.9 Å². The van der Waals surface area contributed by atoms with Crippen molar-refractivity contribution in [3.8, 4) is 11.5 Å². The van der Waals surface area contributed by atoms with Gasteiger partial charge in [0.1, 0.15) is 12.4 Å². The van der Waals surface area contributed by atoms with Crippen molar-refractivity contribution in [3.05, 3.63) is 93.5 Å². The van der Waals surface area contributed by atoms with Crippen LogP contribution in [0.1, 0.15) is 48.8 Å². The fraction of sp³-hybridized carbons (Fsp3) is 0.367. The highest BCUT2D eigenvalue weighted by Crippen LogP contribution is 2.38. The minimum Gasteiger partial charge on any atom is -0.496 e. The maximum Gasteiger partial charge on any atom is 0.311 e. The van der Waals surface area contributed by atoms with Crippen molar-refractivity contribution in [2.45, 2.75) is 50.0 Å². The van der Waals surface area contributed by atoms with Crippen LogP contribution in [-0.4, -0.2) is 30.4 Å². The van der Waals surface area contributed by atoms with Crippen molar-refractivity contribution in [2.24, 2.45) is 5.92 Å². The number of hydrogen-bond acceptors (Lipinski definition) is 7. The lowest BCUT2D eigenvalue weighted by Crippen LogP contribution is -2.31. The number of hydrogen-bond donors (Lipinski definition) is 0. The Bertz CT molecular complexity index is 1250. The standard InChI is InChI=1S/C30H33NO6S/c1-3-4-14-38-29-18-23(11-13-28(29)35-2)25-17-24(30(32)37-20-25)15-22-10-12-27(26(16-22)31(33)34)36-19-21-8-6-5-7-9-21/h5-13,16,18,24-25H,3-4,14-15,17,19-20H2,1-2H3. The van der Waals surface area contributed by atoms with E-state index in [2.05, 4.69) is 13.0 Å². The summed E-state index contributed by atoms with van der Waals surface area (Å²) in [6.07, 6.45) is 3.24. The number of nitro benzene ring substituents is 1. The molecule has 2 unspecified atom stereocenters. The van der Waals surface area contributed by atoms with Gasteiger partial charge >= 0.3 is 11.7 Å². The predicted octanol–water partition coefficient (Wildman–Crippen LogP) is 6.96. The fourth-order valence-electron chi connectivity index (χ4n) is 4.57. The first-order valence-electron chi connectivity index (χ1n) is 12.9. The van der Waals surface area contributed by atoms with Crippen molar-refractivity contribution in [3.63, 3.8) is 0 Å². The van der Waals surface area contributed by atoms with Crippen LogP contribution in [0.25, 0.3) is 0 Å². The summed E-state index contributed by atoms with van der Waals surface area (Å²) in [5.41, 5.74) is 2.63. The first-order chi connectivity index (χ1) is 18.5. The second-order valence-electron chi connectivity index (χ2n) is 9.41. The van der Waals surface area contributed by atoms with Crippen molar-refractivity contribution in [2.75, 3.05) is 19.5 Å². The highest BCUT2D eigenvalue weighted by Gasteiger charge is 2.32. The summed E-state index contributed by atoms with van der Waals surface area (Å²) < 4.78 is 16.9. The Hall–Kier alpha value is -3.52. The van der Waals surface area contributed by atoms with E-state index < -0.39 is 4.92 Å². The topological polar surface area (TPSA) is 87.9 Å². The minimum atomic E-state index is -0.444. The maximum atomic E-state index is 12.7. The van der Waals surface area contributed by atoms with Gasteiger partial charge in [0.15, 0.2) is 5.75 Å². The van der Waals surface area contributed by atoms with Gasteiger partial charge in [-0.2, -0.15) is 0 Å². The Labute approximate surface area is 227 Å². The molecule has 3 aromatic carbocycles. The van der Waals surface area contributed by atoms with Gasteiger partial charge in [-0.25, -0.2) is 0 Å². The van der Waals surface area contributed by atoms with Crippen LogP contribution in [0.5, 0.6) is 11.5 Å². The Kier molecular flexibility index (Phi) is 9.65. The number of nitrogens with zero attached hydrogens (tertiary/aromatic N) is 1. The predicted molar refractivity (Wildman–Crippen MR) is 148 cm³/mol. The van der Waals surface area contributed by atoms with Gasteiger partial charge in [0.05, 0.1) is 24.6 Å². The van der Waals surface area contributed by atoms with Gasteiger partial charge in [0.2, 0.25) is 0 Å². The summed E-state index contributed by atoms with van der Waals surface area (Å²) in [5.74, 6) is 1.47. The first kappa shape index (κ1) is 27.5. The van der Waals surface area contributed by atoms with Crippen LogP contribution in [0.2, 0.25) is 0 Å². The molecule has 2 atom stereocenters. The lowest BCUT2D eigenvalue weighted by molar-refractivity contribution is -0.386. The molecule has 8 heteroatoms. The molecular weight excluding hydrogens is 502 g/mol. The number of benzene rings is 3. The van der Waals surface area contributed by atoms with Crippen LogP contribution in [0.15, 0.2) is 71.6 Å². The summed E-state index contributed by atoms with van der Waals surface area (Å²) >= 11 is 1.78. The molecule has 7 nitrogen and oxygen atoms in total. The van der Waals surface area contributed by atoms with E-state index in [1.54, 1.807) is 31.0 Å². The molecule has 4 rings (SSSR count). The number of esters is 1. The third-order valence-corrected chi connectivity index (χ3v) is 7.81. The van der Waals surface area contributed by atoms with Crippen molar-refractivity contribution in [1.82, 2.24) is 0 Å². The number of cyclic esters (lactones) is 1. The summed E-state index contributed by atoms with van der Waals surface area (Å²) in [6, 6.07) is 20.6. The molecule has 0 spiro atoms. The van der Waals surface area contributed by atoms with Crippen LogP contribution < -0.4 is 9.47 Å². The van der Waals surface area contributed by atoms with Crippen LogP contribution >= 0.6 is 11.8 Å². The highest BCUT2D eigenvalue weighted by molar-refractivity contribution is 7.99. The fourth-order valence-corrected chi connectivity index (χ4v) is 5.73. The number of carbonyl (C=O) groups is 1. The van der Waals surface area contributed by atoms with Gasteiger partial charge in [-0.15, -0.1) is 11.8 Å². The summed E-state index contributed by atoms with van der Waals surface area (Å²) in [6.45, 7) is 2.73. The number of nitro groups is 1. The average Bonchev–Trinajstić information content (AvgIpc) is 2.94. The zero-order valence-corrected chi connectivity index (χ0v) is 22.6. The Morgan fingerprint density at radius 1 is 1.05 bits per heavy atom. The molecule has 1 aliphatic heterocycles. The second kappa shape index (κ2) is 13.3. The Morgan fingerprint density at radius 3 is 2.58 bits per heavy atom. The van der Waals surface area contributed by atoms with E-state index in [4.69, 9.17) is 14.2 Å². The summed E-state index contributed by atoms with van der Waals surface area (Å²) in [4.78, 5) is 25.1. The lowest BCUT2D eigenvalue weighted by atomic mass is 9.84. The number of methoxy groups -OCH3 is 1. The lowest BCUT2D eigenvalue weighted by Gasteiger charge is -2.29. The van der Waals surface area contributed by atoms with Gasteiger partial charge in [-0.05, 0) is 59.9 Å². The van der Waals surface area contributed by atoms with E-state index in [9.17, 15) is 14.9 Å². The molecule has 3 aromatic rings. The highest BCUT2D eigenvalue weighted by atomic mass is 32.2. The molecule has 1 heterocycles. The number of ether oxygens (including phenoxy) is 3. The van der Waals surface area contributed by atoms with E-state index in [1.807, 2.05) is 42.5 Å².